The Morgan fingerprint density at radius 1 is 1.00 bits per heavy atom. The number of aryl methyl sites for hydroxylation is 1. The highest BCUT2D eigenvalue weighted by molar-refractivity contribution is 5.75. The van der Waals surface area contributed by atoms with Crippen molar-refractivity contribution in [1.29, 1.82) is 0 Å². The molecule has 0 bridgehead atoms. The molecule has 0 atom stereocenters. The van der Waals surface area contributed by atoms with Gasteiger partial charge in [-0.3, -0.25) is 0 Å². The van der Waals surface area contributed by atoms with Crippen LogP contribution in [0.2, 0.25) is 0 Å². The molecule has 8 nitrogen and oxygen atoms in total. The molecular weight excluding hydrogens is 342 g/mol. The lowest BCUT2D eigenvalue weighted by Gasteiger charge is -2.12. The zero-order valence-corrected chi connectivity index (χ0v) is 16.5. The Kier molecular flexibility index (Phi) is 8.44. The van der Waals surface area contributed by atoms with Crippen molar-refractivity contribution < 1.29 is 4.74 Å². The Labute approximate surface area is 160 Å². The first kappa shape index (κ1) is 20.6. The molecule has 1 aromatic carbocycles. The molecule has 0 saturated carbocycles. The number of aromatic nitrogens is 2. The lowest BCUT2D eigenvalue weighted by molar-refractivity contribution is 0.198. The van der Waals surface area contributed by atoms with E-state index in [0.717, 1.165) is 24.9 Å². The summed E-state index contributed by atoms with van der Waals surface area (Å²) >= 11 is 0. The number of azo groups is 1. The van der Waals surface area contributed by atoms with Gasteiger partial charge in [-0.15, -0.1) is 5.11 Å². The van der Waals surface area contributed by atoms with Gasteiger partial charge in [0.2, 0.25) is 5.95 Å². The van der Waals surface area contributed by atoms with Crippen LogP contribution in [0.4, 0.5) is 29.0 Å². The molecule has 0 amide bonds. The third-order valence-electron chi connectivity index (χ3n) is 3.90. The van der Waals surface area contributed by atoms with Crippen molar-refractivity contribution in [3.8, 4) is 0 Å². The van der Waals surface area contributed by atoms with Crippen molar-refractivity contribution >= 4 is 29.0 Å². The Morgan fingerprint density at radius 2 is 1.74 bits per heavy atom. The Bertz CT molecular complexity index is 732. The van der Waals surface area contributed by atoms with E-state index in [2.05, 4.69) is 55.2 Å². The molecule has 8 heteroatoms. The third kappa shape index (κ3) is 6.18. The molecular formula is C19H29N7O. The zero-order chi connectivity index (χ0) is 19.5. The Morgan fingerprint density at radius 3 is 2.37 bits per heavy atom. The highest BCUT2D eigenvalue weighted by Gasteiger charge is 2.13. The summed E-state index contributed by atoms with van der Waals surface area (Å²) in [6.45, 7) is 3.56. The highest BCUT2D eigenvalue weighted by atomic mass is 16.5. The summed E-state index contributed by atoms with van der Waals surface area (Å²) in [7, 11) is 5.27. The fraction of sp³-hybridized carbons (Fsp3) is 0.474. The third-order valence-corrected chi connectivity index (χ3v) is 3.90. The van der Waals surface area contributed by atoms with Crippen LogP contribution in [0.5, 0.6) is 0 Å². The smallest absolute Gasteiger partial charge is 0.226 e. The number of nitrogens with one attached hydrogen (secondary N) is 3. The molecule has 3 N–H and O–H groups in total. The van der Waals surface area contributed by atoms with Crippen LogP contribution in [0.3, 0.4) is 0 Å². The predicted octanol–water partition coefficient (Wildman–Crippen LogP) is 4.38. The first-order valence-electron chi connectivity index (χ1n) is 9.22. The molecule has 0 aliphatic carbocycles. The number of rotatable bonds is 11. The molecule has 0 aliphatic heterocycles. The number of anilines is 3. The largest absolute Gasteiger partial charge is 0.385 e. The van der Waals surface area contributed by atoms with Crippen LogP contribution in [0, 0.1) is 0 Å². The number of ether oxygens (including phenoxy) is 1. The molecule has 2 rings (SSSR count). The van der Waals surface area contributed by atoms with Crippen LogP contribution < -0.4 is 16.0 Å². The van der Waals surface area contributed by atoms with Crippen molar-refractivity contribution in [2.75, 3.05) is 50.3 Å². The normalized spacial score (nSPS) is 11.0. The Hall–Kier alpha value is -2.74. The van der Waals surface area contributed by atoms with E-state index in [1.807, 2.05) is 12.1 Å². The van der Waals surface area contributed by atoms with Gasteiger partial charge < -0.3 is 20.7 Å². The standard InChI is InChI=1S/C19H29N7O/c1-5-7-14-8-10-15(11-9-14)25-26-16-17(20-2)23-19(21-3)24-18(16)22-12-6-13-27-4/h8-11H,5-7,12-13H2,1-4H3,(H3,20,21,22,23,24). The van der Waals surface area contributed by atoms with Gasteiger partial charge in [-0.2, -0.15) is 15.1 Å². The number of hydrogen-bond donors (Lipinski definition) is 3. The summed E-state index contributed by atoms with van der Waals surface area (Å²) < 4.78 is 5.09. The number of hydrogen-bond acceptors (Lipinski definition) is 8. The van der Waals surface area contributed by atoms with Gasteiger partial charge in [0.15, 0.2) is 17.3 Å². The zero-order valence-electron chi connectivity index (χ0n) is 16.5. The van der Waals surface area contributed by atoms with Gasteiger partial charge in [0.05, 0.1) is 5.69 Å². The van der Waals surface area contributed by atoms with Crippen LogP contribution in [0.1, 0.15) is 25.3 Å². The molecule has 0 aliphatic rings. The lowest BCUT2D eigenvalue weighted by Crippen LogP contribution is -2.09. The fourth-order valence-corrected chi connectivity index (χ4v) is 2.51. The summed E-state index contributed by atoms with van der Waals surface area (Å²) in [5, 5.41) is 18.1. The topological polar surface area (TPSA) is 95.8 Å². The molecule has 0 fully saturated rings. The van der Waals surface area contributed by atoms with Gasteiger partial charge >= 0.3 is 0 Å². The SMILES string of the molecule is CCCc1ccc(N=Nc2c(NC)nc(NC)nc2NCCCOC)cc1. The summed E-state index contributed by atoms with van der Waals surface area (Å²) in [5.74, 6) is 1.74. The van der Waals surface area contributed by atoms with E-state index >= 15 is 0 Å². The van der Waals surface area contributed by atoms with Gasteiger partial charge in [0.1, 0.15) is 0 Å². The van der Waals surface area contributed by atoms with Crippen LogP contribution in [-0.2, 0) is 11.2 Å². The minimum atomic E-state index is 0.511. The van der Waals surface area contributed by atoms with E-state index < -0.39 is 0 Å². The first-order valence-corrected chi connectivity index (χ1v) is 9.22. The van der Waals surface area contributed by atoms with Crippen molar-refractivity contribution in [3.05, 3.63) is 29.8 Å². The van der Waals surface area contributed by atoms with Crippen LogP contribution in [-0.4, -0.2) is 44.3 Å². The van der Waals surface area contributed by atoms with Crippen LogP contribution in [0.15, 0.2) is 34.5 Å². The molecule has 0 unspecified atom stereocenters. The summed E-state index contributed by atoms with van der Waals surface area (Å²) in [4.78, 5) is 8.89. The maximum Gasteiger partial charge on any atom is 0.226 e. The van der Waals surface area contributed by atoms with Gasteiger partial charge in [0.25, 0.3) is 0 Å². The summed E-state index contributed by atoms with van der Waals surface area (Å²) in [6, 6.07) is 8.12. The van der Waals surface area contributed by atoms with E-state index in [1.54, 1.807) is 21.2 Å². The number of nitrogens with zero attached hydrogens (tertiary/aromatic N) is 4. The second kappa shape index (κ2) is 11.1. The average Bonchev–Trinajstić information content (AvgIpc) is 2.70. The molecule has 0 saturated heterocycles. The van der Waals surface area contributed by atoms with Crippen molar-refractivity contribution in [2.45, 2.75) is 26.2 Å². The minimum Gasteiger partial charge on any atom is -0.385 e. The molecule has 27 heavy (non-hydrogen) atoms. The minimum absolute atomic E-state index is 0.511. The maximum atomic E-state index is 5.09. The summed E-state index contributed by atoms with van der Waals surface area (Å²) in [5.41, 5.74) is 2.67. The van der Waals surface area contributed by atoms with Gasteiger partial charge in [-0.1, -0.05) is 25.5 Å². The summed E-state index contributed by atoms with van der Waals surface area (Å²) in [6.07, 6.45) is 3.05. The quantitative estimate of drug-likeness (QED) is 0.401. The van der Waals surface area contributed by atoms with Crippen molar-refractivity contribution in [2.24, 2.45) is 10.2 Å². The predicted molar refractivity (Wildman–Crippen MR) is 111 cm³/mol. The van der Waals surface area contributed by atoms with E-state index in [-0.39, 0.29) is 0 Å². The second-order valence-corrected chi connectivity index (χ2v) is 5.98. The van der Waals surface area contributed by atoms with Crippen molar-refractivity contribution in [3.63, 3.8) is 0 Å². The van der Waals surface area contributed by atoms with Gasteiger partial charge in [-0.25, -0.2) is 0 Å². The second-order valence-electron chi connectivity index (χ2n) is 5.98. The maximum absolute atomic E-state index is 5.09. The highest BCUT2D eigenvalue weighted by Crippen LogP contribution is 2.33. The van der Waals surface area contributed by atoms with Crippen LogP contribution >= 0.6 is 0 Å². The lowest BCUT2D eigenvalue weighted by atomic mass is 10.1. The molecule has 146 valence electrons. The average molecular weight is 371 g/mol. The molecule has 1 heterocycles. The van der Waals surface area contributed by atoms with Gasteiger partial charge in [0, 0.05) is 34.4 Å². The number of benzene rings is 1. The van der Waals surface area contributed by atoms with E-state index in [4.69, 9.17) is 4.74 Å². The molecule has 0 radical (unpaired) electrons. The van der Waals surface area contributed by atoms with Gasteiger partial charge in [-0.05, 0) is 30.5 Å². The van der Waals surface area contributed by atoms with E-state index in [1.165, 1.54) is 5.56 Å². The monoisotopic (exact) mass is 371 g/mol. The fourth-order valence-electron chi connectivity index (χ4n) is 2.51. The van der Waals surface area contributed by atoms with Crippen LogP contribution in [0.25, 0.3) is 0 Å². The van der Waals surface area contributed by atoms with E-state index in [9.17, 15) is 0 Å². The van der Waals surface area contributed by atoms with E-state index in [0.29, 0.717) is 36.4 Å². The molecule has 0 spiro atoms. The Balaban J connectivity index is 2.25. The van der Waals surface area contributed by atoms with Crippen molar-refractivity contribution in [1.82, 2.24) is 9.97 Å². The molecule has 1 aromatic heterocycles. The molecule has 2 aromatic rings. The first-order chi connectivity index (χ1) is 13.2. The number of methoxy groups -OCH3 is 1.